The van der Waals surface area contributed by atoms with Gasteiger partial charge in [-0.05, 0) is 43.0 Å². The molecule has 0 bridgehead atoms. The predicted molar refractivity (Wildman–Crippen MR) is 72.0 cm³/mol. The van der Waals surface area contributed by atoms with Crippen LogP contribution in [0.15, 0.2) is 18.2 Å². The molecule has 112 valence electrons. The van der Waals surface area contributed by atoms with E-state index in [9.17, 15) is 13.2 Å². The van der Waals surface area contributed by atoms with Crippen LogP contribution in [-0.2, 0) is 6.42 Å². The van der Waals surface area contributed by atoms with Crippen LogP contribution in [0.3, 0.4) is 0 Å². The summed E-state index contributed by atoms with van der Waals surface area (Å²) in [6.45, 7) is 3.21. The average molecular weight is 287 g/mol. The van der Waals surface area contributed by atoms with Crippen molar-refractivity contribution in [1.82, 2.24) is 5.32 Å². The molecule has 1 aromatic rings. The fourth-order valence-corrected chi connectivity index (χ4v) is 2.45. The zero-order chi connectivity index (χ0) is 14.6. The lowest BCUT2D eigenvalue weighted by molar-refractivity contribution is -0.140. The summed E-state index contributed by atoms with van der Waals surface area (Å²) in [5.74, 6) is 0.807. The first-order chi connectivity index (χ1) is 9.49. The molecule has 0 aliphatic carbocycles. The van der Waals surface area contributed by atoms with Crippen molar-refractivity contribution in [2.45, 2.75) is 44.8 Å². The largest absolute Gasteiger partial charge is 0.493 e. The van der Waals surface area contributed by atoms with Crippen molar-refractivity contribution < 1.29 is 17.9 Å². The fourth-order valence-electron chi connectivity index (χ4n) is 2.45. The van der Waals surface area contributed by atoms with Crippen LogP contribution in [0.4, 0.5) is 13.2 Å². The van der Waals surface area contributed by atoms with Crippen LogP contribution in [0.1, 0.15) is 43.4 Å². The second-order valence-electron chi connectivity index (χ2n) is 5.15. The monoisotopic (exact) mass is 287 g/mol. The van der Waals surface area contributed by atoms with Gasteiger partial charge in [0.2, 0.25) is 0 Å². The Kier molecular flexibility index (Phi) is 4.91. The maximum Gasteiger partial charge on any atom is 0.390 e. The number of benzene rings is 1. The Hall–Kier alpha value is -1.23. The topological polar surface area (TPSA) is 21.3 Å². The number of nitrogens with one attached hydrogen (secondary N) is 1. The van der Waals surface area contributed by atoms with Gasteiger partial charge in [0.05, 0.1) is 13.0 Å². The van der Waals surface area contributed by atoms with Gasteiger partial charge in [0.25, 0.3) is 0 Å². The minimum atomic E-state index is -4.17. The normalized spacial score (nSPS) is 16.4. The van der Waals surface area contributed by atoms with Crippen molar-refractivity contribution >= 4 is 0 Å². The SMILES string of the molecule is CCCNC(CC(F)(F)F)c1ccc2c(c1)CCCO2. The third-order valence-corrected chi connectivity index (χ3v) is 3.41. The lowest BCUT2D eigenvalue weighted by atomic mass is 9.97. The van der Waals surface area contributed by atoms with E-state index in [4.69, 9.17) is 4.74 Å². The summed E-state index contributed by atoms with van der Waals surface area (Å²) < 4.78 is 43.6. The Morgan fingerprint density at radius 1 is 1.35 bits per heavy atom. The van der Waals surface area contributed by atoms with Crippen molar-refractivity contribution in [2.75, 3.05) is 13.2 Å². The first kappa shape index (κ1) is 15.2. The first-order valence-corrected chi connectivity index (χ1v) is 7.05. The molecule has 0 aromatic heterocycles. The van der Waals surface area contributed by atoms with E-state index in [1.54, 1.807) is 12.1 Å². The standard InChI is InChI=1S/C15H20F3NO/c1-2-7-19-13(10-15(16,17)18)11-5-6-14-12(9-11)4-3-8-20-14/h5-6,9,13,19H,2-4,7-8,10H2,1H3. The van der Waals surface area contributed by atoms with Gasteiger partial charge in [0.15, 0.2) is 0 Å². The molecule has 2 nitrogen and oxygen atoms in total. The summed E-state index contributed by atoms with van der Waals surface area (Å²) >= 11 is 0. The van der Waals surface area contributed by atoms with E-state index in [0.29, 0.717) is 18.7 Å². The molecule has 0 amide bonds. The molecular weight excluding hydrogens is 267 g/mol. The number of hydrogen-bond donors (Lipinski definition) is 1. The minimum Gasteiger partial charge on any atom is -0.493 e. The highest BCUT2D eigenvalue weighted by molar-refractivity contribution is 5.39. The molecule has 0 spiro atoms. The van der Waals surface area contributed by atoms with E-state index in [0.717, 1.165) is 30.6 Å². The van der Waals surface area contributed by atoms with Crippen molar-refractivity contribution in [2.24, 2.45) is 0 Å². The first-order valence-electron chi connectivity index (χ1n) is 7.05. The van der Waals surface area contributed by atoms with Crippen molar-refractivity contribution in [1.29, 1.82) is 0 Å². The molecule has 1 heterocycles. The molecule has 0 fully saturated rings. The second kappa shape index (κ2) is 6.48. The molecule has 1 unspecified atom stereocenters. The van der Waals surface area contributed by atoms with E-state index < -0.39 is 18.6 Å². The van der Waals surface area contributed by atoms with Gasteiger partial charge >= 0.3 is 6.18 Å². The molecular formula is C15H20F3NO. The van der Waals surface area contributed by atoms with Crippen LogP contribution in [-0.4, -0.2) is 19.3 Å². The Morgan fingerprint density at radius 2 is 2.15 bits per heavy atom. The van der Waals surface area contributed by atoms with E-state index >= 15 is 0 Å². The zero-order valence-electron chi connectivity index (χ0n) is 11.6. The van der Waals surface area contributed by atoms with Gasteiger partial charge in [0, 0.05) is 6.04 Å². The Morgan fingerprint density at radius 3 is 2.85 bits per heavy atom. The fraction of sp³-hybridized carbons (Fsp3) is 0.600. The van der Waals surface area contributed by atoms with E-state index in [1.807, 2.05) is 13.0 Å². The third kappa shape index (κ3) is 4.13. The summed E-state index contributed by atoms with van der Waals surface area (Å²) in [4.78, 5) is 0. The molecule has 1 aromatic carbocycles. The van der Waals surface area contributed by atoms with E-state index in [1.165, 1.54) is 0 Å². The van der Waals surface area contributed by atoms with Gasteiger partial charge in [-0.2, -0.15) is 13.2 Å². The predicted octanol–water partition coefficient (Wildman–Crippen LogP) is 4.00. The quantitative estimate of drug-likeness (QED) is 0.883. The molecule has 0 saturated carbocycles. The van der Waals surface area contributed by atoms with Crippen molar-refractivity contribution in [3.8, 4) is 5.75 Å². The molecule has 0 saturated heterocycles. The smallest absolute Gasteiger partial charge is 0.390 e. The lowest BCUT2D eigenvalue weighted by Crippen LogP contribution is -2.27. The second-order valence-corrected chi connectivity index (χ2v) is 5.15. The molecule has 1 atom stereocenters. The van der Waals surface area contributed by atoms with Gasteiger partial charge in [-0.25, -0.2) is 0 Å². The van der Waals surface area contributed by atoms with Crippen LogP contribution < -0.4 is 10.1 Å². The third-order valence-electron chi connectivity index (χ3n) is 3.41. The number of rotatable bonds is 5. The van der Waals surface area contributed by atoms with Crippen LogP contribution in [0.25, 0.3) is 0 Å². The molecule has 1 aliphatic rings. The molecule has 20 heavy (non-hydrogen) atoms. The average Bonchev–Trinajstić information content (AvgIpc) is 2.41. The number of alkyl halides is 3. The Labute approximate surface area is 117 Å². The summed E-state index contributed by atoms with van der Waals surface area (Å²) in [7, 11) is 0. The van der Waals surface area contributed by atoms with Crippen LogP contribution >= 0.6 is 0 Å². The number of halogens is 3. The van der Waals surface area contributed by atoms with Gasteiger partial charge in [-0.15, -0.1) is 0 Å². The van der Waals surface area contributed by atoms with Crippen LogP contribution in [0.5, 0.6) is 5.75 Å². The summed E-state index contributed by atoms with van der Waals surface area (Å²) in [5.41, 5.74) is 1.71. The van der Waals surface area contributed by atoms with Crippen LogP contribution in [0, 0.1) is 0 Å². The van der Waals surface area contributed by atoms with Gasteiger partial charge in [0.1, 0.15) is 5.75 Å². The van der Waals surface area contributed by atoms with Crippen molar-refractivity contribution in [3.63, 3.8) is 0 Å². The highest BCUT2D eigenvalue weighted by Gasteiger charge is 2.32. The Bertz CT molecular complexity index is 445. The van der Waals surface area contributed by atoms with Gasteiger partial charge in [-0.1, -0.05) is 19.1 Å². The minimum absolute atomic E-state index is 0.578. The highest BCUT2D eigenvalue weighted by atomic mass is 19.4. The molecule has 5 heteroatoms. The molecule has 1 N–H and O–H groups in total. The number of aryl methyl sites for hydroxylation is 1. The van der Waals surface area contributed by atoms with Gasteiger partial charge in [-0.3, -0.25) is 0 Å². The summed E-state index contributed by atoms with van der Waals surface area (Å²) in [5, 5.41) is 2.99. The number of hydrogen-bond acceptors (Lipinski definition) is 2. The lowest BCUT2D eigenvalue weighted by Gasteiger charge is -2.23. The van der Waals surface area contributed by atoms with Crippen molar-refractivity contribution in [3.05, 3.63) is 29.3 Å². The van der Waals surface area contributed by atoms with Crippen LogP contribution in [0.2, 0.25) is 0 Å². The van der Waals surface area contributed by atoms with E-state index in [-0.39, 0.29) is 0 Å². The molecule has 1 aliphatic heterocycles. The molecule has 0 radical (unpaired) electrons. The summed E-state index contributed by atoms with van der Waals surface area (Å²) in [6.07, 6.45) is -2.41. The number of ether oxygens (including phenoxy) is 1. The Balaban J connectivity index is 2.18. The highest BCUT2D eigenvalue weighted by Crippen LogP contribution is 2.33. The maximum absolute atomic E-state index is 12.7. The van der Waals surface area contributed by atoms with E-state index in [2.05, 4.69) is 5.32 Å². The van der Waals surface area contributed by atoms with Gasteiger partial charge < -0.3 is 10.1 Å². The molecule has 2 rings (SSSR count). The summed E-state index contributed by atoms with van der Waals surface area (Å²) in [6, 6.07) is 4.71. The maximum atomic E-state index is 12.7. The zero-order valence-corrected chi connectivity index (χ0v) is 11.6. The number of fused-ring (bicyclic) bond motifs is 1.